The van der Waals surface area contributed by atoms with Crippen LogP contribution in [-0.4, -0.2) is 21.7 Å². The van der Waals surface area contributed by atoms with E-state index < -0.39 is 6.67 Å². The number of rotatable bonds is 2. The molecule has 0 spiro atoms. The first-order chi connectivity index (χ1) is 5.54. The minimum absolute atomic E-state index is 0.00539. The topological polar surface area (TPSA) is 30.7 Å². The third-order valence-electron chi connectivity index (χ3n) is 1.62. The van der Waals surface area contributed by atoms with Gasteiger partial charge in [-0.1, -0.05) is 26.0 Å². The van der Waals surface area contributed by atoms with Crippen LogP contribution in [0.15, 0.2) is 6.20 Å². The molecule has 0 bridgehead atoms. The van der Waals surface area contributed by atoms with Crippen molar-refractivity contribution in [2.45, 2.75) is 32.7 Å². The second-order valence-corrected chi connectivity index (χ2v) is 3.81. The quantitative estimate of drug-likeness (QED) is 0.675. The van der Waals surface area contributed by atoms with E-state index in [0.29, 0.717) is 6.54 Å². The molecule has 1 rings (SSSR count). The van der Waals surface area contributed by atoms with Crippen molar-refractivity contribution in [2.75, 3.05) is 6.67 Å². The van der Waals surface area contributed by atoms with Gasteiger partial charge in [-0.25, -0.2) is 9.07 Å². The lowest BCUT2D eigenvalue weighted by molar-refractivity contribution is 0.422. The molecule has 68 valence electrons. The summed E-state index contributed by atoms with van der Waals surface area (Å²) in [6.45, 7) is 6.06. The molecule has 4 heteroatoms. The summed E-state index contributed by atoms with van der Waals surface area (Å²) in [5.41, 5.74) is 0.894. The van der Waals surface area contributed by atoms with Gasteiger partial charge in [0.1, 0.15) is 6.67 Å². The second-order valence-electron chi connectivity index (χ2n) is 3.81. The molecule has 0 aliphatic heterocycles. The summed E-state index contributed by atoms with van der Waals surface area (Å²) in [4.78, 5) is 0. The van der Waals surface area contributed by atoms with E-state index in [0.717, 1.165) is 5.69 Å². The molecule has 0 saturated heterocycles. The predicted molar refractivity (Wildman–Crippen MR) is 44.7 cm³/mol. The molecule has 0 N–H and O–H groups in total. The van der Waals surface area contributed by atoms with Crippen molar-refractivity contribution >= 4 is 0 Å². The van der Waals surface area contributed by atoms with Gasteiger partial charge in [-0.05, 0) is 0 Å². The Labute approximate surface area is 71.6 Å². The first kappa shape index (κ1) is 9.16. The van der Waals surface area contributed by atoms with Crippen molar-refractivity contribution in [1.29, 1.82) is 0 Å². The SMILES string of the molecule is CC(C)(C)c1cn(CCF)nn1. The molecule has 0 unspecified atom stereocenters. The largest absolute Gasteiger partial charge is 0.250 e. The fourth-order valence-electron chi connectivity index (χ4n) is 0.838. The highest BCUT2D eigenvalue weighted by Gasteiger charge is 2.17. The van der Waals surface area contributed by atoms with Gasteiger partial charge in [0.05, 0.1) is 12.2 Å². The highest BCUT2D eigenvalue weighted by atomic mass is 19.1. The summed E-state index contributed by atoms with van der Waals surface area (Å²) in [6, 6.07) is 0. The molecule has 0 aromatic carbocycles. The summed E-state index contributed by atoms with van der Waals surface area (Å²) < 4.78 is 13.4. The van der Waals surface area contributed by atoms with Crippen LogP contribution in [0.25, 0.3) is 0 Å². The zero-order chi connectivity index (χ0) is 9.19. The monoisotopic (exact) mass is 171 g/mol. The van der Waals surface area contributed by atoms with Crippen LogP contribution in [0.3, 0.4) is 0 Å². The standard InChI is InChI=1S/C8H14FN3/c1-8(2,3)7-6-12(5-4-9)11-10-7/h6H,4-5H2,1-3H3. The van der Waals surface area contributed by atoms with Crippen molar-refractivity contribution in [2.24, 2.45) is 0 Å². The van der Waals surface area contributed by atoms with Crippen LogP contribution in [0.4, 0.5) is 4.39 Å². The van der Waals surface area contributed by atoms with E-state index >= 15 is 0 Å². The molecule has 0 aliphatic carbocycles. The molecular formula is C8H14FN3. The average molecular weight is 171 g/mol. The van der Waals surface area contributed by atoms with Crippen molar-refractivity contribution in [3.05, 3.63) is 11.9 Å². The Hall–Kier alpha value is -0.930. The highest BCUT2D eigenvalue weighted by molar-refractivity contribution is 5.06. The van der Waals surface area contributed by atoms with Gasteiger partial charge in [0, 0.05) is 11.6 Å². The van der Waals surface area contributed by atoms with E-state index in [4.69, 9.17) is 0 Å². The van der Waals surface area contributed by atoms with Gasteiger partial charge in [0.2, 0.25) is 0 Å². The molecule has 0 radical (unpaired) electrons. The first-order valence-electron chi connectivity index (χ1n) is 4.00. The van der Waals surface area contributed by atoms with Crippen LogP contribution >= 0.6 is 0 Å². The van der Waals surface area contributed by atoms with Gasteiger partial charge in [-0.2, -0.15) is 0 Å². The van der Waals surface area contributed by atoms with Crippen LogP contribution in [0.5, 0.6) is 0 Å². The summed E-state index contributed by atoms with van der Waals surface area (Å²) >= 11 is 0. The lowest BCUT2D eigenvalue weighted by atomic mass is 9.93. The Kier molecular flexibility index (Phi) is 2.45. The normalized spacial score (nSPS) is 12.0. The predicted octanol–water partition coefficient (Wildman–Crippen LogP) is 1.55. The molecule has 0 atom stereocenters. The van der Waals surface area contributed by atoms with E-state index in [1.54, 1.807) is 6.20 Å². The van der Waals surface area contributed by atoms with Gasteiger partial charge in [-0.15, -0.1) is 5.10 Å². The number of aryl methyl sites for hydroxylation is 1. The Morgan fingerprint density at radius 3 is 2.58 bits per heavy atom. The zero-order valence-electron chi connectivity index (χ0n) is 7.71. The lowest BCUT2D eigenvalue weighted by Gasteiger charge is -2.12. The van der Waals surface area contributed by atoms with Crippen LogP contribution in [0.2, 0.25) is 0 Å². The second kappa shape index (κ2) is 3.21. The van der Waals surface area contributed by atoms with E-state index in [1.165, 1.54) is 4.68 Å². The zero-order valence-corrected chi connectivity index (χ0v) is 7.71. The number of halogens is 1. The number of hydrogen-bond donors (Lipinski definition) is 0. The Morgan fingerprint density at radius 1 is 1.50 bits per heavy atom. The van der Waals surface area contributed by atoms with Crippen molar-refractivity contribution in [3.8, 4) is 0 Å². The van der Waals surface area contributed by atoms with Gasteiger partial charge in [0.15, 0.2) is 0 Å². The van der Waals surface area contributed by atoms with Crippen molar-refractivity contribution < 1.29 is 4.39 Å². The first-order valence-corrected chi connectivity index (χ1v) is 4.00. The van der Waals surface area contributed by atoms with Gasteiger partial charge < -0.3 is 0 Å². The number of alkyl halides is 1. The minimum Gasteiger partial charge on any atom is -0.250 e. The smallest absolute Gasteiger partial charge is 0.109 e. The average Bonchev–Trinajstić information content (AvgIpc) is 2.35. The fraction of sp³-hybridized carbons (Fsp3) is 0.750. The molecular weight excluding hydrogens is 157 g/mol. The molecule has 12 heavy (non-hydrogen) atoms. The van der Waals surface area contributed by atoms with E-state index in [2.05, 4.69) is 31.1 Å². The maximum absolute atomic E-state index is 11.9. The summed E-state index contributed by atoms with van der Waals surface area (Å²) in [6.07, 6.45) is 1.79. The lowest BCUT2D eigenvalue weighted by Crippen LogP contribution is -2.11. The molecule has 1 aromatic rings. The Morgan fingerprint density at radius 2 is 2.17 bits per heavy atom. The summed E-state index contributed by atoms with van der Waals surface area (Å²) in [5, 5.41) is 7.75. The van der Waals surface area contributed by atoms with Crippen LogP contribution in [0, 0.1) is 0 Å². The summed E-state index contributed by atoms with van der Waals surface area (Å²) in [5.74, 6) is 0. The summed E-state index contributed by atoms with van der Waals surface area (Å²) in [7, 11) is 0. The van der Waals surface area contributed by atoms with E-state index in [1.807, 2.05) is 0 Å². The highest BCUT2D eigenvalue weighted by Crippen LogP contribution is 2.18. The number of hydrogen-bond acceptors (Lipinski definition) is 2. The maximum atomic E-state index is 11.9. The number of aromatic nitrogens is 3. The van der Waals surface area contributed by atoms with Crippen LogP contribution < -0.4 is 0 Å². The van der Waals surface area contributed by atoms with Crippen LogP contribution in [0.1, 0.15) is 26.5 Å². The molecule has 0 amide bonds. The number of nitrogens with zero attached hydrogens (tertiary/aromatic N) is 3. The van der Waals surface area contributed by atoms with Crippen molar-refractivity contribution in [3.63, 3.8) is 0 Å². The molecule has 1 aromatic heterocycles. The van der Waals surface area contributed by atoms with E-state index in [9.17, 15) is 4.39 Å². The minimum atomic E-state index is -0.396. The van der Waals surface area contributed by atoms with Crippen LogP contribution in [-0.2, 0) is 12.0 Å². The fourth-order valence-corrected chi connectivity index (χ4v) is 0.838. The molecule has 0 fully saturated rings. The van der Waals surface area contributed by atoms with Crippen molar-refractivity contribution in [1.82, 2.24) is 15.0 Å². The van der Waals surface area contributed by atoms with Gasteiger partial charge in [0.25, 0.3) is 0 Å². The van der Waals surface area contributed by atoms with E-state index in [-0.39, 0.29) is 5.41 Å². The third-order valence-corrected chi connectivity index (χ3v) is 1.62. The third kappa shape index (κ3) is 2.03. The van der Waals surface area contributed by atoms with Gasteiger partial charge >= 0.3 is 0 Å². The Balaban J connectivity index is 2.77. The Bertz CT molecular complexity index is 249. The molecule has 0 saturated carbocycles. The molecule has 1 heterocycles. The maximum Gasteiger partial charge on any atom is 0.109 e. The molecule has 0 aliphatic rings. The molecule has 3 nitrogen and oxygen atoms in total. The van der Waals surface area contributed by atoms with Gasteiger partial charge in [-0.3, -0.25) is 0 Å².